The fourth-order valence-corrected chi connectivity index (χ4v) is 2.03. The van der Waals surface area contributed by atoms with E-state index in [0.29, 0.717) is 17.8 Å². The molecule has 0 fully saturated rings. The molecular formula is C16H17N3O2. The van der Waals surface area contributed by atoms with Gasteiger partial charge < -0.3 is 14.3 Å². The van der Waals surface area contributed by atoms with Gasteiger partial charge in [0, 0.05) is 23.9 Å². The van der Waals surface area contributed by atoms with Crippen molar-refractivity contribution in [3.8, 4) is 0 Å². The van der Waals surface area contributed by atoms with Crippen LogP contribution in [-0.2, 0) is 6.42 Å². The van der Waals surface area contributed by atoms with Crippen LogP contribution in [0.3, 0.4) is 0 Å². The molecule has 0 saturated heterocycles. The van der Waals surface area contributed by atoms with Gasteiger partial charge in [-0.25, -0.2) is 0 Å². The molecule has 0 radical (unpaired) electrons. The van der Waals surface area contributed by atoms with Crippen molar-refractivity contribution in [2.75, 3.05) is 7.05 Å². The quantitative estimate of drug-likeness (QED) is 0.779. The third-order valence-corrected chi connectivity index (χ3v) is 3.30. The summed E-state index contributed by atoms with van der Waals surface area (Å²) in [4.78, 5) is 4.32. The van der Waals surface area contributed by atoms with Crippen molar-refractivity contribution in [3.63, 3.8) is 0 Å². The molecule has 0 amide bonds. The molecule has 108 valence electrons. The van der Waals surface area contributed by atoms with Gasteiger partial charge in [0.1, 0.15) is 11.3 Å². The van der Waals surface area contributed by atoms with E-state index in [4.69, 9.17) is 8.94 Å². The second kappa shape index (κ2) is 5.93. The van der Waals surface area contributed by atoms with Crippen molar-refractivity contribution in [1.29, 1.82) is 0 Å². The molecule has 1 atom stereocenters. The van der Waals surface area contributed by atoms with Crippen LogP contribution in [0.2, 0.25) is 0 Å². The Balaban J connectivity index is 1.73. The number of nitrogens with zero attached hydrogens (tertiary/aromatic N) is 2. The second-order valence-corrected chi connectivity index (χ2v) is 4.96. The van der Waals surface area contributed by atoms with E-state index in [1.807, 2.05) is 43.5 Å². The van der Waals surface area contributed by atoms with Gasteiger partial charge >= 0.3 is 0 Å². The molecule has 3 rings (SSSR count). The van der Waals surface area contributed by atoms with Crippen LogP contribution < -0.4 is 5.32 Å². The zero-order valence-corrected chi connectivity index (χ0v) is 12.0. The highest BCUT2D eigenvalue weighted by Gasteiger charge is 2.07. The summed E-state index contributed by atoms with van der Waals surface area (Å²) >= 11 is 0. The van der Waals surface area contributed by atoms with Crippen molar-refractivity contribution >= 4 is 23.1 Å². The van der Waals surface area contributed by atoms with Gasteiger partial charge in [0.05, 0.1) is 0 Å². The summed E-state index contributed by atoms with van der Waals surface area (Å²) in [6, 6.07) is 10.2. The minimum atomic E-state index is 0.315. The Kier molecular flexibility index (Phi) is 3.83. The first-order valence-electron chi connectivity index (χ1n) is 6.91. The van der Waals surface area contributed by atoms with Gasteiger partial charge in [-0.2, -0.15) is 4.98 Å². The van der Waals surface area contributed by atoms with Crippen molar-refractivity contribution in [2.24, 2.45) is 0 Å². The molecule has 5 heteroatoms. The molecule has 1 N–H and O–H groups in total. The van der Waals surface area contributed by atoms with Crippen LogP contribution in [0.5, 0.6) is 0 Å². The Morgan fingerprint density at radius 3 is 2.95 bits per heavy atom. The summed E-state index contributed by atoms with van der Waals surface area (Å²) < 4.78 is 10.9. The van der Waals surface area contributed by atoms with Crippen molar-refractivity contribution in [3.05, 3.63) is 47.8 Å². The molecule has 0 saturated carbocycles. The number of fused-ring (bicyclic) bond motifs is 1. The van der Waals surface area contributed by atoms with Crippen LogP contribution in [0.15, 0.2) is 39.3 Å². The number of benzene rings is 1. The van der Waals surface area contributed by atoms with E-state index in [1.54, 1.807) is 6.08 Å². The molecule has 0 aliphatic carbocycles. The number of para-hydroxylation sites is 1. The van der Waals surface area contributed by atoms with Crippen LogP contribution in [0.4, 0.5) is 0 Å². The number of aromatic nitrogens is 2. The number of likely N-dealkylation sites (N-methyl/N-ethyl adjacent to an activating group) is 1. The number of nitrogens with one attached hydrogen (secondary N) is 1. The van der Waals surface area contributed by atoms with Crippen LogP contribution in [0.25, 0.3) is 23.1 Å². The van der Waals surface area contributed by atoms with Gasteiger partial charge in [0.15, 0.2) is 5.82 Å². The normalized spacial score (nSPS) is 13.2. The highest BCUT2D eigenvalue weighted by molar-refractivity contribution is 5.81. The van der Waals surface area contributed by atoms with E-state index in [1.165, 1.54) is 0 Å². The molecule has 0 spiro atoms. The van der Waals surface area contributed by atoms with Crippen LogP contribution in [0, 0.1) is 0 Å². The Bertz CT molecular complexity index is 725. The minimum absolute atomic E-state index is 0.315. The van der Waals surface area contributed by atoms with Crippen LogP contribution in [-0.4, -0.2) is 23.2 Å². The molecular weight excluding hydrogens is 266 g/mol. The second-order valence-electron chi connectivity index (χ2n) is 4.96. The largest absolute Gasteiger partial charge is 0.457 e. The predicted molar refractivity (Wildman–Crippen MR) is 81.7 cm³/mol. The topological polar surface area (TPSA) is 64.1 Å². The average Bonchev–Trinajstić information content (AvgIpc) is 3.10. The van der Waals surface area contributed by atoms with Crippen LogP contribution in [0.1, 0.15) is 24.4 Å². The number of hydrogen-bond acceptors (Lipinski definition) is 5. The zero-order chi connectivity index (χ0) is 14.7. The summed E-state index contributed by atoms with van der Waals surface area (Å²) in [6.45, 7) is 2.07. The lowest BCUT2D eigenvalue weighted by Gasteiger charge is -2.04. The lowest BCUT2D eigenvalue weighted by Crippen LogP contribution is -2.24. The molecule has 1 aromatic carbocycles. The number of furan rings is 1. The third-order valence-electron chi connectivity index (χ3n) is 3.30. The maximum atomic E-state index is 5.69. The molecule has 0 aliphatic heterocycles. The first kappa shape index (κ1) is 13.6. The Morgan fingerprint density at radius 1 is 1.29 bits per heavy atom. The minimum Gasteiger partial charge on any atom is -0.457 e. The molecule has 0 aliphatic rings. The monoisotopic (exact) mass is 283 g/mol. The van der Waals surface area contributed by atoms with Gasteiger partial charge in [0.25, 0.3) is 5.89 Å². The lowest BCUT2D eigenvalue weighted by atomic mass is 10.2. The van der Waals surface area contributed by atoms with Gasteiger partial charge in [-0.1, -0.05) is 23.4 Å². The van der Waals surface area contributed by atoms with Gasteiger partial charge in [0.2, 0.25) is 0 Å². The average molecular weight is 283 g/mol. The van der Waals surface area contributed by atoms with E-state index < -0.39 is 0 Å². The molecule has 5 nitrogen and oxygen atoms in total. The molecule has 2 aromatic heterocycles. The predicted octanol–water partition coefficient (Wildman–Crippen LogP) is 3.14. The molecule has 2 heterocycles. The number of rotatable bonds is 5. The SMILES string of the molecule is CNC(C)Cc1noc(/C=C/c2cc3ccccc3o2)n1. The van der Waals surface area contributed by atoms with Gasteiger partial charge in [-0.15, -0.1) is 0 Å². The van der Waals surface area contributed by atoms with Crippen LogP contribution >= 0.6 is 0 Å². The van der Waals surface area contributed by atoms with Gasteiger partial charge in [-0.05, 0) is 32.2 Å². The van der Waals surface area contributed by atoms with E-state index in [2.05, 4.69) is 22.4 Å². The smallest absolute Gasteiger partial charge is 0.250 e. The van der Waals surface area contributed by atoms with Gasteiger partial charge in [-0.3, -0.25) is 0 Å². The van der Waals surface area contributed by atoms with E-state index in [-0.39, 0.29) is 0 Å². The molecule has 1 unspecified atom stereocenters. The fraction of sp³-hybridized carbons (Fsp3) is 0.250. The Morgan fingerprint density at radius 2 is 2.14 bits per heavy atom. The van der Waals surface area contributed by atoms with Crippen molar-refractivity contribution in [2.45, 2.75) is 19.4 Å². The van der Waals surface area contributed by atoms with E-state index in [9.17, 15) is 0 Å². The first-order valence-corrected chi connectivity index (χ1v) is 6.91. The number of hydrogen-bond donors (Lipinski definition) is 1. The fourth-order valence-electron chi connectivity index (χ4n) is 2.03. The Labute approximate surface area is 122 Å². The lowest BCUT2D eigenvalue weighted by molar-refractivity contribution is 0.400. The van der Waals surface area contributed by atoms with E-state index >= 15 is 0 Å². The highest BCUT2D eigenvalue weighted by Crippen LogP contribution is 2.20. The standard InChI is InChI=1S/C16H17N3O2/c1-11(17-2)9-15-18-16(21-19-15)8-7-13-10-12-5-3-4-6-14(12)20-13/h3-8,10-11,17H,9H2,1-2H3/b8-7+. The summed E-state index contributed by atoms with van der Waals surface area (Å²) in [5, 5.41) is 8.17. The summed E-state index contributed by atoms with van der Waals surface area (Å²) in [5.74, 6) is 1.94. The maximum Gasteiger partial charge on any atom is 0.250 e. The molecule has 3 aromatic rings. The van der Waals surface area contributed by atoms with Crippen molar-refractivity contribution in [1.82, 2.24) is 15.5 Å². The third kappa shape index (κ3) is 3.20. The maximum absolute atomic E-state index is 5.69. The van der Waals surface area contributed by atoms with E-state index in [0.717, 1.165) is 23.2 Å². The zero-order valence-electron chi connectivity index (χ0n) is 12.0. The molecule has 0 bridgehead atoms. The first-order chi connectivity index (χ1) is 10.2. The summed E-state index contributed by atoms with van der Waals surface area (Å²) in [7, 11) is 1.91. The highest BCUT2D eigenvalue weighted by atomic mass is 16.5. The Hall–Kier alpha value is -2.40. The summed E-state index contributed by atoms with van der Waals surface area (Å²) in [6.07, 6.45) is 4.33. The summed E-state index contributed by atoms with van der Waals surface area (Å²) in [5.41, 5.74) is 0.867. The molecule has 21 heavy (non-hydrogen) atoms. The van der Waals surface area contributed by atoms with Crippen molar-refractivity contribution < 1.29 is 8.94 Å².